The molecular weight excluding hydrogens is 533 g/mol. The number of hydrogen-bond donors (Lipinski definition) is 3. The molecule has 0 saturated carbocycles. The van der Waals surface area contributed by atoms with Crippen LogP contribution in [-0.4, -0.2) is 22.7 Å². The quantitative estimate of drug-likeness (QED) is 0.427. The molecule has 1 atom stereocenters. The molecule has 194 valence electrons. The lowest BCUT2D eigenvalue weighted by Gasteiger charge is -2.25. The third-order valence-electron chi connectivity index (χ3n) is 5.54. The molecule has 0 saturated heterocycles. The number of alkyl halides is 3. The van der Waals surface area contributed by atoms with Crippen LogP contribution in [0.1, 0.15) is 17.2 Å². The van der Waals surface area contributed by atoms with Crippen LogP contribution in [0.4, 0.5) is 24.5 Å². The zero-order valence-corrected chi connectivity index (χ0v) is 20.3. The lowest BCUT2D eigenvalue weighted by molar-refractivity contribution is -0.137. The van der Waals surface area contributed by atoms with Gasteiger partial charge in [-0.15, -0.1) is 0 Å². The number of benzene rings is 3. The molecule has 0 bridgehead atoms. The number of carbonyl (C=O) groups excluding carboxylic acids is 1. The first kappa shape index (κ1) is 26.3. The molecule has 1 heterocycles. The maximum atomic E-state index is 13.4. The second kappa shape index (κ2) is 9.30. The standard InChI is InChI=1S/C23H19F3N4O5S2/c24-23(25,26)15-3-1-14(2-4-15)21-13-20(29-16-5-9-18(10-6-16)36(27,32)33)22(31)30(21)17-7-11-19(12-8-17)37(28,34)35/h1-13,21,29H,(H2,27,32,33)(H2,28,34,35). The van der Waals surface area contributed by atoms with E-state index in [1.165, 1.54) is 71.6 Å². The summed E-state index contributed by atoms with van der Waals surface area (Å²) in [7, 11) is -7.92. The number of halogens is 3. The fourth-order valence-electron chi connectivity index (χ4n) is 3.73. The Hall–Kier alpha value is -3.72. The molecule has 37 heavy (non-hydrogen) atoms. The summed E-state index contributed by atoms with van der Waals surface area (Å²) in [4.78, 5) is 14.3. The normalized spacial score (nSPS) is 16.6. The zero-order valence-electron chi connectivity index (χ0n) is 18.7. The third kappa shape index (κ3) is 5.67. The van der Waals surface area contributed by atoms with Gasteiger partial charge in [-0.2, -0.15) is 13.2 Å². The lowest BCUT2D eigenvalue weighted by atomic mass is 10.0. The molecule has 4 rings (SSSR count). The summed E-state index contributed by atoms with van der Waals surface area (Å²) < 4.78 is 85.3. The molecule has 3 aromatic rings. The van der Waals surface area contributed by atoms with Crippen LogP contribution in [0.3, 0.4) is 0 Å². The first-order chi connectivity index (χ1) is 17.1. The average molecular weight is 553 g/mol. The minimum absolute atomic E-state index is 0.0591. The summed E-state index contributed by atoms with van der Waals surface area (Å²) in [6.45, 7) is 0. The van der Waals surface area contributed by atoms with Crippen molar-refractivity contribution < 1.29 is 34.8 Å². The number of hydrogen-bond acceptors (Lipinski definition) is 6. The van der Waals surface area contributed by atoms with Crippen molar-refractivity contribution in [2.24, 2.45) is 10.3 Å². The van der Waals surface area contributed by atoms with Gasteiger partial charge in [0.05, 0.1) is 21.4 Å². The molecular formula is C23H19F3N4O5S2. The van der Waals surface area contributed by atoms with Crippen molar-refractivity contribution in [2.45, 2.75) is 22.0 Å². The largest absolute Gasteiger partial charge is 0.416 e. The Kier molecular flexibility index (Phi) is 6.62. The Morgan fingerprint density at radius 2 is 1.24 bits per heavy atom. The number of nitrogens with zero attached hydrogens (tertiary/aromatic N) is 1. The summed E-state index contributed by atoms with van der Waals surface area (Å²) in [5.41, 5.74) is 0.174. The van der Waals surface area contributed by atoms with Crippen molar-refractivity contribution in [3.8, 4) is 0 Å². The van der Waals surface area contributed by atoms with Gasteiger partial charge < -0.3 is 5.32 Å². The van der Waals surface area contributed by atoms with Crippen LogP contribution < -0.4 is 20.5 Å². The van der Waals surface area contributed by atoms with E-state index in [1.807, 2.05) is 0 Å². The van der Waals surface area contributed by atoms with Crippen molar-refractivity contribution in [3.63, 3.8) is 0 Å². The van der Waals surface area contributed by atoms with E-state index in [2.05, 4.69) is 5.32 Å². The molecule has 3 aromatic carbocycles. The highest BCUT2D eigenvalue weighted by atomic mass is 32.2. The number of rotatable bonds is 6. The van der Waals surface area contributed by atoms with Gasteiger partial charge in [0, 0.05) is 11.4 Å². The van der Waals surface area contributed by atoms with Crippen LogP contribution in [0.25, 0.3) is 0 Å². The van der Waals surface area contributed by atoms with E-state index in [-0.39, 0.29) is 21.2 Å². The molecule has 0 fully saturated rings. The number of primary sulfonamides is 2. The highest BCUT2D eigenvalue weighted by molar-refractivity contribution is 7.89. The predicted molar refractivity (Wildman–Crippen MR) is 129 cm³/mol. The van der Waals surface area contributed by atoms with Gasteiger partial charge in [-0.3, -0.25) is 9.69 Å². The van der Waals surface area contributed by atoms with Gasteiger partial charge in [0.25, 0.3) is 5.91 Å². The van der Waals surface area contributed by atoms with Crippen LogP contribution in [0.15, 0.2) is 94.4 Å². The van der Waals surface area contributed by atoms with E-state index in [0.29, 0.717) is 11.3 Å². The van der Waals surface area contributed by atoms with E-state index < -0.39 is 43.7 Å². The molecule has 1 aliphatic heterocycles. The maximum Gasteiger partial charge on any atom is 0.416 e. The van der Waals surface area contributed by atoms with Crippen molar-refractivity contribution in [2.75, 3.05) is 10.2 Å². The first-order valence-electron chi connectivity index (χ1n) is 10.4. The summed E-state index contributed by atoms with van der Waals surface area (Å²) in [6, 6.07) is 13.8. The van der Waals surface area contributed by atoms with E-state index >= 15 is 0 Å². The zero-order chi connectivity index (χ0) is 27.2. The van der Waals surface area contributed by atoms with Gasteiger partial charge in [-0.05, 0) is 72.3 Å². The van der Waals surface area contributed by atoms with Crippen molar-refractivity contribution in [1.82, 2.24) is 0 Å². The summed E-state index contributed by atoms with van der Waals surface area (Å²) in [5, 5.41) is 13.1. The molecule has 0 radical (unpaired) electrons. The summed E-state index contributed by atoms with van der Waals surface area (Å²) in [6.07, 6.45) is -3.05. The number of carbonyl (C=O) groups is 1. The Morgan fingerprint density at radius 1 is 0.757 bits per heavy atom. The Morgan fingerprint density at radius 3 is 1.70 bits per heavy atom. The summed E-state index contributed by atoms with van der Waals surface area (Å²) in [5.74, 6) is -0.566. The highest BCUT2D eigenvalue weighted by Gasteiger charge is 2.36. The third-order valence-corrected chi connectivity index (χ3v) is 7.40. The van der Waals surface area contributed by atoms with Crippen LogP contribution in [-0.2, 0) is 31.0 Å². The maximum absolute atomic E-state index is 13.4. The number of anilines is 2. The molecule has 9 nitrogen and oxygen atoms in total. The van der Waals surface area contributed by atoms with E-state index in [1.54, 1.807) is 0 Å². The minimum atomic E-state index is -4.54. The van der Waals surface area contributed by atoms with Crippen LogP contribution in [0, 0.1) is 0 Å². The lowest BCUT2D eigenvalue weighted by Crippen LogP contribution is -2.31. The Balaban J connectivity index is 1.72. The van der Waals surface area contributed by atoms with E-state index in [9.17, 15) is 34.8 Å². The van der Waals surface area contributed by atoms with Gasteiger partial charge in [0.1, 0.15) is 5.70 Å². The molecule has 1 aliphatic rings. The van der Waals surface area contributed by atoms with Crippen molar-refractivity contribution in [1.29, 1.82) is 0 Å². The van der Waals surface area contributed by atoms with Gasteiger partial charge in [-0.1, -0.05) is 12.1 Å². The molecule has 5 N–H and O–H groups in total. The van der Waals surface area contributed by atoms with Crippen LogP contribution >= 0.6 is 0 Å². The number of nitrogens with one attached hydrogen (secondary N) is 1. The molecule has 1 amide bonds. The number of nitrogens with two attached hydrogens (primary N) is 2. The molecule has 0 aliphatic carbocycles. The SMILES string of the molecule is NS(=O)(=O)c1ccc(NC2=CC(c3ccc(C(F)(F)F)cc3)N(c3ccc(S(N)(=O)=O)cc3)C2=O)cc1. The number of sulfonamides is 2. The van der Waals surface area contributed by atoms with Gasteiger partial charge in [0.2, 0.25) is 20.0 Å². The summed E-state index contributed by atoms with van der Waals surface area (Å²) >= 11 is 0. The fourth-order valence-corrected chi connectivity index (χ4v) is 4.76. The van der Waals surface area contributed by atoms with E-state index in [0.717, 1.165) is 12.1 Å². The molecule has 0 spiro atoms. The smallest absolute Gasteiger partial charge is 0.351 e. The molecule has 1 unspecified atom stereocenters. The average Bonchev–Trinajstić information content (AvgIpc) is 3.13. The predicted octanol–water partition coefficient (Wildman–Crippen LogP) is 3.08. The second-order valence-corrected chi connectivity index (χ2v) is 11.2. The van der Waals surface area contributed by atoms with Crippen LogP contribution in [0.5, 0.6) is 0 Å². The number of amides is 1. The van der Waals surface area contributed by atoms with E-state index in [4.69, 9.17) is 10.3 Å². The van der Waals surface area contributed by atoms with Gasteiger partial charge in [-0.25, -0.2) is 27.1 Å². The van der Waals surface area contributed by atoms with Crippen molar-refractivity contribution >= 4 is 37.3 Å². The minimum Gasteiger partial charge on any atom is -0.351 e. The topological polar surface area (TPSA) is 153 Å². The van der Waals surface area contributed by atoms with Crippen molar-refractivity contribution in [3.05, 3.63) is 95.7 Å². The monoisotopic (exact) mass is 552 g/mol. The fraction of sp³-hybridized carbons (Fsp3) is 0.0870. The van der Waals surface area contributed by atoms with Gasteiger partial charge in [0.15, 0.2) is 0 Å². The van der Waals surface area contributed by atoms with Gasteiger partial charge >= 0.3 is 6.18 Å². The second-order valence-electron chi connectivity index (χ2n) is 8.05. The molecule has 14 heteroatoms. The highest BCUT2D eigenvalue weighted by Crippen LogP contribution is 2.38. The Bertz CT molecular complexity index is 1590. The van der Waals surface area contributed by atoms with Crippen LogP contribution in [0.2, 0.25) is 0 Å². The Labute approximate surface area is 210 Å². The first-order valence-corrected chi connectivity index (χ1v) is 13.5. The molecule has 0 aromatic heterocycles.